The Balaban J connectivity index is 0. The van der Waals surface area contributed by atoms with Gasteiger partial charge in [-0.2, -0.15) is 0 Å². The molecule has 124 heavy (non-hydrogen) atoms. The number of rotatable bonds is 14. The number of aliphatic hydroxyl groups excluding tert-OH is 18. The summed E-state index contributed by atoms with van der Waals surface area (Å²) in [5.74, 6) is 1.03. The van der Waals surface area contributed by atoms with Crippen LogP contribution in [-0.2, 0) is 52.5 Å². The molecule has 0 radical (unpaired) electrons. The Kier molecular flexibility index (Phi) is 78.6. The van der Waals surface area contributed by atoms with Gasteiger partial charge >= 0.3 is 0 Å². The van der Waals surface area contributed by atoms with Gasteiger partial charge < -0.3 is 101 Å². The lowest BCUT2D eigenvalue weighted by Crippen LogP contribution is -2.19. The van der Waals surface area contributed by atoms with Crippen LogP contribution in [0.4, 0.5) is 0 Å². The van der Waals surface area contributed by atoms with Gasteiger partial charge in [0.15, 0.2) is 0 Å². The highest BCUT2D eigenvalue weighted by Gasteiger charge is 2.20. The van der Waals surface area contributed by atoms with Crippen molar-refractivity contribution in [1.82, 2.24) is 0 Å². The second kappa shape index (κ2) is 82.9. The van der Waals surface area contributed by atoms with E-state index >= 15 is 0 Å². The molecule has 3 fully saturated rings. The molecule has 2 aromatic heterocycles. The number of furan rings is 2. The van der Waals surface area contributed by atoms with Gasteiger partial charge in [0.1, 0.15) is 22.3 Å². The molecule has 0 spiro atoms. The Hall–Kier alpha value is -8.40. The lowest BCUT2D eigenvalue weighted by Gasteiger charge is -2.25. The van der Waals surface area contributed by atoms with Gasteiger partial charge in [0.25, 0.3) is 0 Å². The molecule has 15 rings (SSSR count). The molecule has 10 aromatic carbocycles. The van der Waals surface area contributed by atoms with Crippen LogP contribution in [0.1, 0.15) is 215 Å². The first kappa shape index (κ1) is 118. The maximum atomic E-state index is 9.33. The quantitative estimate of drug-likeness (QED) is 0.0481. The van der Waals surface area contributed by atoms with Gasteiger partial charge in [0, 0.05) is 118 Å². The molecule has 0 saturated heterocycles. The highest BCUT2D eigenvalue weighted by molar-refractivity contribution is 6.07. The van der Waals surface area contributed by atoms with Gasteiger partial charge in [-0.15, -0.1) is 0 Å². The van der Waals surface area contributed by atoms with Crippen LogP contribution in [0, 0.1) is 11.8 Å². The predicted octanol–water partition coefficient (Wildman–Crippen LogP) is 18.5. The highest BCUT2D eigenvalue weighted by Crippen LogP contribution is 2.35. The third-order valence-electron chi connectivity index (χ3n) is 18.4. The lowest BCUT2D eigenvalue weighted by atomic mass is 9.83. The van der Waals surface area contributed by atoms with E-state index in [1.54, 1.807) is 41.5 Å². The zero-order valence-corrected chi connectivity index (χ0v) is 75.7. The molecule has 0 aliphatic heterocycles. The van der Waals surface area contributed by atoms with Crippen LogP contribution < -0.4 is 0 Å². The van der Waals surface area contributed by atoms with Crippen LogP contribution >= 0.6 is 0 Å². The summed E-state index contributed by atoms with van der Waals surface area (Å²) < 4.78 is 11.7. The lowest BCUT2D eigenvalue weighted by molar-refractivity contribution is 0.131. The summed E-state index contributed by atoms with van der Waals surface area (Å²) in [7, 11) is 0. The molecule has 0 unspecified atom stereocenters. The zero-order chi connectivity index (χ0) is 92.4. The minimum Gasteiger partial charge on any atom is -0.455 e. The topological polar surface area (TPSA) is 390 Å². The first-order chi connectivity index (χ1) is 60.5. The number of hydrogen-bond acceptors (Lipinski definition) is 20. The van der Waals surface area contributed by atoms with Crippen LogP contribution in [0.15, 0.2) is 227 Å². The van der Waals surface area contributed by atoms with Crippen molar-refractivity contribution in [3.63, 3.8) is 0 Å². The molecule has 3 saturated carbocycles. The van der Waals surface area contributed by atoms with Crippen molar-refractivity contribution in [1.29, 1.82) is 0 Å². The van der Waals surface area contributed by atoms with E-state index in [4.69, 9.17) is 85.4 Å². The monoisotopic (exact) mass is 1730 g/mol. The third-order valence-corrected chi connectivity index (χ3v) is 18.4. The van der Waals surface area contributed by atoms with Gasteiger partial charge in [0.05, 0.1) is 39.6 Å². The van der Waals surface area contributed by atoms with Crippen molar-refractivity contribution in [2.75, 3.05) is 79.3 Å². The van der Waals surface area contributed by atoms with Gasteiger partial charge in [-0.1, -0.05) is 291 Å². The van der Waals surface area contributed by atoms with Gasteiger partial charge in [0.2, 0.25) is 0 Å². The SMILES string of the molecule is C1CCCCC1.C1CCCCC1.CCCO.CCCO.CCO.CCO.CCO.CCO.CCO.CCO.OCC1CCC(CO)CC1.OCCc1ccc2cc(CO)ccc2c1.OCCc1cccc2c1oc1c(CO)cccc12.OCc1ccc2cc(CO)ccc2c1.OCc1cccc2c1oc1c(CO)cccc12.c1ccccc1.c1ccccc1. The fourth-order valence-electron chi connectivity index (χ4n) is 12.3. The molecule has 12 aromatic rings. The molecular weight excluding hydrogens is 1570 g/mol. The molecule has 3 aliphatic rings. The number of aliphatic hydroxyl groups is 18. The van der Waals surface area contributed by atoms with Crippen molar-refractivity contribution in [3.8, 4) is 0 Å². The molecular formula is C104H156O20. The summed E-state index contributed by atoms with van der Waals surface area (Å²) in [4.78, 5) is 0. The largest absolute Gasteiger partial charge is 0.455 e. The van der Waals surface area contributed by atoms with Crippen LogP contribution in [0.2, 0.25) is 0 Å². The fraction of sp³-hybridized carbons (Fsp3) is 0.462. The average Bonchev–Trinajstić information content (AvgIpc) is 1.63. The smallest absolute Gasteiger partial charge is 0.140 e. The first-order valence-electron chi connectivity index (χ1n) is 44.4. The van der Waals surface area contributed by atoms with E-state index in [-0.39, 0.29) is 92.5 Å². The molecule has 20 heteroatoms. The van der Waals surface area contributed by atoms with E-state index in [1.165, 1.54) is 77.0 Å². The Morgan fingerprint density at radius 1 is 0.226 bits per heavy atom. The fourth-order valence-corrected chi connectivity index (χ4v) is 12.3. The number of hydrogen-bond donors (Lipinski definition) is 18. The predicted molar refractivity (Wildman–Crippen MR) is 512 cm³/mol. The van der Waals surface area contributed by atoms with E-state index in [9.17, 15) is 15.3 Å². The van der Waals surface area contributed by atoms with E-state index in [0.717, 1.165) is 137 Å². The van der Waals surface area contributed by atoms with E-state index in [1.807, 2.05) is 226 Å². The van der Waals surface area contributed by atoms with Crippen LogP contribution in [0.5, 0.6) is 0 Å². The Morgan fingerprint density at radius 3 is 0.621 bits per heavy atom. The van der Waals surface area contributed by atoms with Crippen molar-refractivity contribution in [3.05, 3.63) is 263 Å². The minimum absolute atomic E-state index is 0.0352. The summed E-state index contributed by atoms with van der Waals surface area (Å²) in [5, 5.41) is 160. The van der Waals surface area contributed by atoms with Crippen molar-refractivity contribution >= 4 is 65.4 Å². The Morgan fingerprint density at radius 2 is 0.427 bits per heavy atom. The first-order valence-corrected chi connectivity index (χ1v) is 44.4. The molecule has 20 nitrogen and oxygen atoms in total. The van der Waals surface area contributed by atoms with E-state index in [2.05, 4.69) is 6.07 Å². The number of para-hydroxylation sites is 4. The van der Waals surface area contributed by atoms with Crippen LogP contribution in [-0.4, -0.2) is 171 Å². The third kappa shape index (κ3) is 52.5. The molecule has 0 atom stereocenters. The summed E-state index contributed by atoms with van der Waals surface area (Å²) in [5.41, 5.74) is 10.2. The number of fused-ring (bicyclic) bond motifs is 8. The molecule has 692 valence electrons. The molecule has 2 heterocycles. The number of benzene rings is 10. The Bertz CT molecular complexity index is 4070. The summed E-state index contributed by atoms with van der Waals surface area (Å²) in [6.07, 6.45) is 25.4. The van der Waals surface area contributed by atoms with Crippen molar-refractivity contribution in [2.24, 2.45) is 11.8 Å². The maximum Gasteiger partial charge on any atom is 0.140 e. The normalized spacial score (nSPS) is 13.0. The summed E-state index contributed by atoms with van der Waals surface area (Å²) >= 11 is 0. The van der Waals surface area contributed by atoms with E-state index in [0.29, 0.717) is 62.3 Å². The Labute approximate surface area is 739 Å². The molecule has 18 N–H and O–H groups in total. The summed E-state index contributed by atoms with van der Waals surface area (Å²) in [6, 6.07) is 70.7. The minimum atomic E-state index is -0.0500. The standard InChI is InChI=1S/C15H14O3.C14H12O3.C13H14O2.C12H12O2.C8H16O2.2C6H12.2C6H6.2C3H8O.6C2H6O/c16-8-7-10-3-1-5-12-13-6-2-4-11(9-17)15(13)18-14(10)12;15-7-9-3-1-5-11-12-6-2-4-10(8-16)14(12)17-13(9)11;14-6-5-10-1-3-13-8-11(9-15)2-4-12(13)7-10;13-7-9-1-3-11-6-10(8-14)2-4-12(11)5-9;9-5-7-1-2-8(6-10)4-3-7;4*1-2-4-6-5-3-1;2*1-2-3-4;6*1-2-3/h1-6,16-17H,7-9H2;1-6,15-16H,7-8H2;1-4,7-8,14-15H,5-6,9H2;1-6,13-14H,7-8H2;7-10H,1-6H2;2*1-6H2;2*1-6H;2*4H,2-3H2,1H3;6*3H,2H2,1H3. The molecule has 3 aliphatic carbocycles. The van der Waals surface area contributed by atoms with Gasteiger partial charge in [-0.05, 0) is 172 Å². The van der Waals surface area contributed by atoms with Gasteiger partial charge in [-0.25, -0.2) is 0 Å². The zero-order valence-electron chi connectivity index (χ0n) is 75.7. The van der Waals surface area contributed by atoms with Crippen LogP contribution in [0.25, 0.3) is 65.4 Å². The maximum absolute atomic E-state index is 9.33. The van der Waals surface area contributed by atoms with Crippen LogP contribution in [0.3, 0.4) is 0 Å². The molecule has 0 amide bonds. The van der Waals surface area contributed by atoms with Crippen molar-refractivity contribution in [2.45, 2.75) is 223 Å². The summed E-state index contributed by atoms with van der Waals surface area (Å²) in [6.45, 7) is 17.1. The average molecular weight is 1730 g/mol. The van der Waals surface area contributed by atoms with E-state index < -0.39 is 0 Å². The van der Waals surface area contributed by atoms with Crippen molar-refractivity contribution < 1.29 is 101 Å². The highest BCUT2D eigenvalue weighted by atomic mass is 16.3. The second-order valence-corrected chi connectivity index (χ2v) is 28.5. The molecule has 0 bridgehead atoms. The van der Waals surface area contributed by atoms with Gasteiger partial charge in [-0.3, -0.25) is 0 Å². The second-order valence-electron chi connectivity index (χ2n) is 28.5.